The van der Waals surface area contributed by atoms with E-state index in [4.69, 9.17) is 32.7 Å². The fourth-order valence-electron chi connectivity index (χ4n) is 5.69. The minimum atomic E-state index is -1.10. The predicted octanol–water partition coefficient (Wildman–Crippen LogP) is 4.77. The van der Waals surface area contributed by atoms with Gasteiger partial charge in [-0.1, -0.05) is 23.2 Å². The lowest BCUT2D eigenvalue weighted by Crippen LogP contribution is -2.55. The van der Waals surface area contributed by atoms with Crippen molar-refractivity contribution in [3.05, 3.63) is 52.1 Å². The zero-order valence-electron chi connectivity index (χ0n) is 21.7. The summed E-state index contributed by atoms with van der Waals surface area (Å²) < 4.78 is 11.3. The molecule has 0 spiro atoms. The van der Waals surface area contributed by atoms with Crippen LogP contribution in [0.25, 0.3) is 0 Å². The predicted molar refractivity (Wildman–Crippen MR) is 147 cm³/mol. The molecule has 204 valence electrons. The van der Waals surface area contributed by atoms with Gasteiger partial charge < -0.3 is 25.0 Å². The molecule has 2 aromatic rings. The summed E-state index contributed by atoms with van der Waals surface area (Å²) in [6.07, 6.45) is 7.09. The Kier molecular flexibility index (Phi) is 8.03. The molecule has 3 fully saturated rings. The van der Waals surface area contributed by atoms with Crippen LogP contribution in [0.4, 0.5) is 5.82 Å². The van der Waals surface area contributed by atoms with E-state index >= 15 is 0 Å². The van der Waals surface area contributed by atoms with Crippen LogP contribution in [0, 0.1) is 0 Å². The summed E-state index contributed by atoms with van der Waals surface area (Å²) >= 11 is 12.2. The van der Waals surface area contributed by atoms with Crippen molar-refractivity contribution in [2.75, 3.05) is 18.1 Å². The maximum atomic E-state index is 13.2. The van der Waals surface area contributed by atoms with Gasteiger partial charge in [-0.25, -0.2) is 4.98 Å². The molecule has 0 aliphatic carbocycles. The first-order chi connectivity index (χ1) is 18.2. The number of nitrogens with one attached hydrogen (secondary N) is 2. The number of amides is 2. The minimum Gasteiger partial charge on any atom is -0.476 e. The first-order valence-electron chi connectivity index (χ1n) is 13.3. The van der Waals surface area contributed by atoms with E-state index in [2.05, 4.69) is 20.5 Å². The van der Waals surface area contributed by atoms with Gasteiger partial charge in [0.2, 0.25) is 0 Å². The van der Waals surface area contributed by atoms with E-state index < -0.39 is 5.60 Å². The van der Waals surface area contributed by atoms with Crippen molar-refractivity contribution in [2.45, 2.75) is 82.1 Å². The minimum absolute atomic E-state index is 0.0457. The Morgan fingerprint density at radius 2 is 1.71 bits per heavy atom. The molecule has 2 N–H and O–H groups in total. The number of carbonyl (C=O) groups is 2. The first kappa shape index (κ1) is 27.0. The van der Waals surface area contributed by atoms with Crippen LogP contribution in [0.5, 0.6) is 5.75 Å². The summed E-state index contributed by atoms with van der Waals surface area (Å²) in [6, 6.07) is 9.51. The van der Waals surface area contributed by atoms with Crippen molar-refractivity contribution in [1.29, 1.82) is 0 Å². The molecular weight excluding hydrogens is 527 g/mol. The van der Waals surface area contributed by atoms with Gasteiger partial charge in [-0.2, -0.15) is 0 Å². The molecule has 3 aliphatic heterocycles. The van der Waals surface area contributed by atoms with Gasteiger partial charge in [0.25, 0.3) is 11.8 Å². The summed E-state index contributed by atoms with van der Waals surface area (Å²) in [6.45, 7) is 4.84. The third-order valence-electron chi connectivity index (χ3n) is 7.71. The maximum Gasteiger partial charge on any atom is 0.263 e. The Labute approximate surface area is 233 Å². The summed E-state index contributed by atoms with van der Waals surface area (Å²) in [5.41, 5.74) is -0.534. The zero-order valence-corrected chi connectivity index (χ0v) is 23.2. The van der Waals surface area contributed by atoms with Crippen molar-refractivity contribution < 1.29 is 19.1 Å². The number of halogens is 2. The first-order valence-corrected chi connectivity index (χ1v) is 14.0. The largest absolute Gasteiger partial charge is 0.476 e. The maximum absolute atomic E-state index is 13.2. The Bertz CT molecular complexity index is 1160. The smallest absolute Gasteiger partial charge is 0.263 e. The molecule has 3 atom stereocenters. The lowest BCUT2D eigenvalue weighted by Gasteiger charge is -2.40. The Hall–Kier alpha value is -2.55. The summed E-state index contributed by atoms with van der Waals surface area (Å²) in [4.78, 5) is 32.8. The number of ether oxygens (including phenoxy) is 2. The molecule has 3 saturated heterocycles. The molecule has 4 heterocycles. The second kappa shape index (κ2) is 11.3. The number of carbonyl (C=O) groups excluding carboxylic acids is 2. The van der Waals surface area contributed by atoms with E-state index in [1.165, 1.54) is 0 Å². The monoisotopic (exact) mass is 560 g/mol. The van der Waals surface area contributed by atoms with Gasteiger partial charge in [0, 0.05) is 48.6 Å². The number of anilines is 1. The third kappa shape index (κ3) is 6.03. The van der Waals surface area contributed by atoms with Crippen molar-refractivity contribution in [2.24, 2.45) is 0 Å². The second-order valence-electron chi connectivity index (χ2n) is 10.9. The van der Waals surface area contributed by atoms with Crippen LogP contribution in [-0.2, 0) is 9.53 Å². The van der Waals surface area contributed by atoms with Gasteiger partial charge in [0.15, 0.2) is 5.60 Å². The average molecular weight is 562 g/mol. The van der Waals surface area contributed by atoms with Gasteiger partial charge >= 0.3 is 0 Å². The molecule has 38 heavy (non-hydrogen) atoms. The van der Waals surface area contributed by atoms with E-state index in [1.807, 2.05) is 12.1 Å². The molecule has 1 aromatic carbocycles. The lowest BCUT2D eigenvalue weighted by molar-refractivity contribution is -0.135. The van der Waals surface area contributed by atoms with Crippen molar-refractivity contribution in [3.8, 4) is 5.75 Å². The summed E-state index contributed by atoms with van der Waals surface area (Å²) in [5, 5.41) is 7.16. The Morgan fingerprint density at radius 1 is 1.00 bits per heavy atom. The van der Waals surface area contributed by atoms with Gasteiger partial charge in [-0.15, -0.1) is 0 Å². The number of fused-ring (bicyclic) bond motifs is 2. The molecule has 3 aliphatic rings. The SMILES string of the molecule is CC(C)(Oc1ccc(Cl)cc1Cl)C(=O)N[C@H]1C[C@H]2CC[C@@H](C1)N2c1ccc(C(=O)NC2CCOCC2)cn1. The summed E-state index contributed by atoms with van der Waals surface area (Å²) in [5.74, 6) is 1.03. The highest BCUT2D eigenvalue weighted by atomic mass is 35.5. The fourth-order valence-corrected chi connectivity index (χ4v) is 6.14. The van der Waals surface area contributed by atoms with Crippen LogP contribution in [0.2, 0.25) is 10.0 Å². The van der Waals surface area contributed by atoms with E-state index in [0.29, 0.717) is 34.6 Å². The average Bonchev–Trinajstić information content (AvgIpc) is 3.16. The highest BCUT2D eigenvalue weighted by Crippen LogP contribution is 2.39. The molecule has 5 rings (SSSR count). The van der Waals surface area contributed by atoms with E-state index in [1.54, 1.807) is 38.2 Å². The van der Waals surface area contributed by atoms with Crippen LogP contribution >= 0.6 is 23.2 Å². The number of nitrogens with zero attached hydrogens (tertiary/aromatic N) is 2. The second-order valence-corrected chi connectivity index (χ2v) is 11.7. The van der Waals surface area contributed by atoms with Gasteiger partial charge in [-0.3, -0.25) is 9.59 Å². The number of rotatable bonds is 7. The van der Waals surface area contributed by atoms with Gasteiger partial charge in [0.1, 0.15) is 11.6 Å². The molecule has 0 unspecified atom stereocenters. The van der Waals surface area contributed by atoms with Crippen LogP contribution in [0.3, 0.4) is 0 Å². The number of hydrogen-bond acceptors (Lipinski definition) is 6. The molecule has 8 nitrogen and oxygen atoms in total. The lowest BCUT2D eigenvalue weighted by atomic mass is 9.96. The number of benzene rings is 1. The number of hydrogen-bond donors (Lipinski definition) is 2. The van der Waals surface area contributed by atoms with Crippen molar-refractivity contribution in [1.82, 2.24) is 15.6 Å². The molecule has 2 bridgehead atoms. The number of pyridine rings is 1. The van der Waals surface area contributed by atoms with Crippen molar-refractivity contribution >= 4 is 40.8 Å². The van der Waals surface area contributed by atoms with Crippen LogP contribution < -0.4 is 20.3 Å². The zero-order chi connectivity index (χ0) is 26.9. The van der Waals surface area contributed by atoms with E-state index in [0.717, 1.165) is 44.3 Å². The molecule has 1 aromatic heterocycles. The normalized spacial score (nSPS) is 23.7. The summed E-state index contributed by atoms with van der Waals surface area (Å²) in [7, 11) is 0. The van der Waals surface area contributed by atoms with Crippen molar-refractivity contribution in [3.63, 3.8) is 0 Å². The van der Waals surface area contributed by atoms with Crippen LogP contribution in [0.1, 0.15) is 62.7 Å². The molecule has 2 amide bonds. The highest BCUT2D eigenvalue weighted by Gasteiger charge is 2.43. The molecule has 0 saturated carbocycles. The molecule has 10 heteroatoms. The fraction of sp³-hybridized carbons (Fsp3) is 0.536. The number of piperidine rings is 1. The van der Waals surface area contributed by atoms with Gasteiger partial charge in [0.05, 0.1) is 10.6 Å². The van der Waals surface area contributed by atoms with Gasteiger partial charge in [-0.05, 0) is 82.7 Å². The van der Waals surface area contributed by atoms with Crippen LogP contribution in [0.15, 0.2) is 36.5 Å². The number of aromatic nitrogens is 1. The highest BCUT2D eigenvalue weighted by molar-refractivity contribution is 6.35. The van der Waals surface area contributed by atoms with Crippen LogP contribution in [-0.4, -0.2) is 59.8 Å². The molecular formula is C28H34Cl2N4O4. The molecule has 0 radical (unpaired) electrons. The van der Waals surface area contributed by atoms with E-state index in [9.17, 15) is 9.59 Å². The van der Waals surface area contributed by atoms with E-state index in [-0.39, 0.29) is 36.0 Å². The quantitative estimate of drug-likeness (QED) is 0.506. The Balaban J connectivity index is 1.17. The third-order valence-corrected chi connectivity index (χ3v) is 8.24. The Morgan fingerprint density at radius 3 is 2.34 bits per heavy atom. The standard InChI is InChI=1S/C28H34Cl2N4O4/c1-28(2,38-24-7-4-18(29)13-23(24)30)27(36)33-20-14-21-5-6-22(15-20)34(21)25-8-3-17(16-31-25)26(35)32-19-9-11-37-12-10-19/h3-4,7-8,13,16,19-22H,5-6,9-12,14-15H2,1-2H3,(H,32,35)(H,33,36)/t20-,21+,22-. The topological polar surface area (TPSA) is 92.8 Å².